The minimum atomic E-state index is -5.08. The molecule has 2 saturated heterocycles. The van der Waals surface area contributed by atoms with Crippen LogP contribution in [-0.2, 0) is 27.3 Å². The van der Waals surface area contributed by atoms with E-state index >= 15 is 0 Å². The lowest BCUT2D eigenvalue weighted by molar-refractivity contribution is -0.193. The van der Waals surface area contributed by atoms with Gasteiger partial charge < -0.3 is 19.8 Å². The van der Waals surface area contributed by atoms with Crippen molar-refractivity contribution >= 4 is 28.4 Å². The molecule has 0 radical (unpaired) electrons. The molecule has 1 aromatic carbocycles. The standard InChI is InChI=1S/C20H26FN3OS.2C2HF3O2/c21-18-3-1-16(2-4-18)13-17-5-7-23(8-6-17)15-19-14-22-20(26-19)24-9-11-25-12-10-24;2*3-2(4,5)1(6)7/h1-4,14,17H,5-13,15H2;2*(H,6,7). The number of carbonyl (C=O) groups is 2. The molecule has 4 rings (SSSR count). The van der Waals surface area contributed by atoms with Crippen LogP contribution in [0.25, 0.3) is 0 Å². The monoisotopic (exact) mass is 603 g/mol. The van der Waals surface area contributed by atoms with E-state index in [0.717, 1.165) is 57.5 Å². The lowest BCUT2D eigenvalue weighted by Gasteiger charge is -2.31. The van der Waals surface area contributed by atoms with Crippen LogP contribution >= 0.6 is 11.3 Å². The average molecular weight is 604 g/mol. The molecule has 2 aromatic rings. The Morgan fingerprint density at radius 3 is 1.90 bits per heavy atom. The molecule has 40 heavy (non-hydrogen) atoms. The zero-order valence-electron chi connectivity index (χ0n) is 21.0. The highest BCUT2D eigenvalue weighted by Gasteiger charge is 2.38. The number of aromatic nitrogens is 1. The van der Waals surface area contributed by atoms with Gasteiger partial charge in [-0.05, 0) is 56.0 Å². The number of halogens is 7. The number of hydrogen-bond donors (Lipinski definition) is 2. The molecular weight excluding hydrogens is 575 g/mol. The van der Waals surface area contributed by atoms with Crippen LogP contribution in [0.1, 0.15) is 23.3 Å². The van der Waals surface area contributed by atoms with E-state index in [1.54, 1.807) is 12.1 Å². The third kappa shape index (κ3) is 12.0. The average Bonchev–Trinajstić information content (AvgIpc) is 3.35. The number of ether oxygens (including phenoxy) is 1. The number of morpholine rings is 1. The van der Waals surface area contributed by atoms with Crippen molar-refractivity contribution in [1.82, 2.24) is 9.88 Å². The molecule has 3 heterocycles. The molecule has 0 saturated carbocycles. The summed E-state index contributed by atoms with van der Waals surface area (Å²) in [4.78, 5) is 28.6. The maximum Gasteiger partial charge on any atom is 0.490 e. The molecule has 2 fully saturated rings. The Hall–Kier alpha value is -2.98. The number of anilines is 1. The number of carboxylic acids is 2. The van der Waals surface area contributed by atoms with Crippen LogP contribution in [0.4, 0.5) is 35.9 Å². The summed E-state index contributed by atoms with van der Waals surface area (Å²) in [5, 5.41) is 15.4. The van der Waals surface area contributed by atoms with E-state index in [9.17, 15) is 30.7 Å². The second-order valence-corrected chi connectivity index (χ2v) is 9.96. The predicted molar refractivity (Wildman–Crippen MR) is 131 cm³/mol. The van der Waals surface area contributed by atoms with E-state index in [1.807, 2.05) is 29.7 Å². The summed E-state index contributed by atoms with van der Waals surface area (Å²) in [6, 6.07) is 6.99. The summed E-state index contributed by atoms with van der Waals surface area (Å²) < 4.78 is 81.9. The summed E-state index contributed by atoms with van der Waals surface area (Å²) in [6.45, 7) is 6.77. The second kappa shape index (κ2) is 15.1. The fourth-order valence-corrected chi connectivity index (χ4v) is 4.80. The summed E-state index contributed by atoms with van der Waals surface area (Å²) in [5.74, 6) is -4.95. The van der Waals surface area contributed by atoms with Gasteiger partial charge in [0.25, 0.3) is 0 Å². The van der Waals surface area contributed by atoms with Crippen LogP contribution in [-0.4, -0.2) is 83.8 Å². The number of carboxylic acid groups (broad SMARTS) is 2. The van der Waals surface area contributed by atoms with Gasteiger partial charge >= 0.3 is 24.3 Å². The minimum Gasteiger partial charge on any atom is -0.475 e. The van der Waals surface area contributed by atoms with E-state index in [1.165, 1.54) is 23.3 Å². The fourth-order valence-electron chi connectivity index (χ4n) is 3.79. The Morgan fingerprint density at radius 2 is 1.43 bits per heavy atom. The fraction of sp³-hybridized carbons (Fsp3) is 0.542. The Kier molecular flexibility index (Phi) is 12.6. The first kappa shape index (κ1) is 33.2. The van der Waals surface area contributed by atoms with E-state index in [4.69, 9.17) is 24.5 Å². The maximum absolute atomic E-state index is 13.0. The number of aliphatic carboxylic acids is 2. The number of likely N-dealkylation sites (tertiary alicyclic amines) is 1. The molecule has 0 bridgehead atoms. The first-order chi connectivity index (χ1) is 18.6. The highest BCUT2D eigenvalue weighted by molar-refractivity contribution is 7.15. The van der Waals surface area contributed by atoms with E-state index in [2.05, 4.69) is 14.8 Å². The lowest BCUT2D eigenvalue weighted by atomic mass is 9.90. The number of alkyl halides is 6. The van der Waals surface area contributed by atoms with Gasteiger partial charge in [-0.25, -0.2) is 19.0 Å². The number of hydrogen-bond acceptors (Lipinski definition) is 7. The van der Waals surface area contributed by atoms with Crippen molar-refractivity contribution in [3.05, 3.63) is 46.7 Å². The summed E-state index contributed by atoms with van der Waals surface area (Å²) in [7, 11) is 0. The highest BCUT2D eigenvalue weighted by Crippen LogP contribution is 2.27. The summed E-state index contributed by atoms with van der Waals surface area (Å²) in [6.07, 6.45) is -4.63. The first-order valence-corrected chi connectivity index (χ1v) is 12.8. The van der Waals surface area contributed by atoms with Crippen molar-refractivity contribution in [3.8, 4) is 0 Å². The van der Waals surface area contributed by atoms with Crippen LogP contribution in [0.15, 0.2) is 30.5 Å². The Morgan fingerprint density at radius 1 is 0.925 bits per heavy atom. The molecule has 8 nitrogen and oxygen atoms in total. The van der Waals surface area contributed by atoms with Crippen molar-refractivity contribution in [3.63, 3.8) is 0 Å². The van der Waals surface area contributed by atoms with Crippen LogP contribution in [0.3, 0.4) is 0 Å². The quantitative estimate of drug-likeness (QED) is 0.469. The number of nitrogens with zero attached hydrogens (tertiary/aromatic N) is 3. The van der Waals surface area contributed by atoms with Crippen LogP contribution in [0, 0.1) is 11.7 Å². The molecule has 2 N–H and O–H groups in total. The molecule has 1 aromatic heterocycles. The zero-order valence-corrected chi connectivity index (χ0v) is 21.9. The van der Waals surface area contributed by atoms with Crippen LogP contribution < -0.4 is 4.90 Å². The van der Waals surface area contributed by atoms with E-state index in [-0.39, 0.29) is 5.82 Å². The van der Waals surface area contributed by atoms with Gasteiger partial charge in [0.2, 0.25) is 0 Å². The summed E-state index contributed by atoms with van der Waals surface area (Å²) in [5.41, 5.74) is 1.25. The highest BCUT2D eigenvalue weighted by atomic mass is 32.1. The number of benzene rings is 1. The Bertz CT molecular complexity index is 1040. The first-order valence-electron chi connectivity index (χ1n) is 12.0. The molecule has 224 valence electrons. The van der Waals surface area contributed by atoms with Crippen molar-refractivity contribution in [2.75, 3.05) is 44.3 Å². The van der Waals surface area contributed by atoms with Gasteiger partial charge in [-0.1, -0.05) is 12.1 Å². The third-order valence-electron chi connectivity index (χ3n) is 5.83. The maximum atomic E-state index is 13.0. The van der Waals surface area contributed by atoms with E-state index in [0.29, 0.717) is 5.92 Å². The molecule has 2 aliphatic rings. The van der Waals surface area contributed by atoms with Crippen molar-refractivity contribution in [2.24, 2.45) is 5.92 Å². The van der Waals surface area contributed by atoms with Crippen molar-refractivity contribution in [2.45, 2.75) is 38.2 Å². The number of thiazole rings is 1. The summed E-state index contributed by atoms with van der Waals surface area (Å²) >= 11 is 1.82. The third-order valence-corrected chi connectivity index (χ3v) is 6.88. The van der Waals surface area contributed by atoms with Crippen LogP contribution in [0.2, 0.25) is 0 Å². The molecule has 0 atom stereocenters. The van der Waals surface area contributed by atoms with Crippen molar-refractivity contribution < 1.29 is 55.3 Å². The minimum absolute atomic E-state index is 0.149. The van der Waals surface area contributed by atoms with Gasteiger partial charge in [0.15, 0.2) is 5.13 Å². The SMILES string of the molecule is Fc1ccc(CC2CCN(Cc3cnc(N4CCOCC4)s3)CC2)cc1.O=C(O)C(F)(F)F.O=C(O)C(F)(F)F. The molecule has 2 aliphatic heterocycles. The molecule has 0 amide bonds. The Balaban J connectivity index is 0.000000333. The van der Waals surface area contributed by atoms with Crippen LogP contribution in [0.5, 0.6) is 0 Å². The van der Waals surface area contributed by atoms with Gasteiger partial charge in [-0.3, -0.25) is 4.90 Å². The molecular formula is C24H28F7N3O5S. The molecule has 16 heteroatoms. The van der Waals surface area contributed by atoms with Gasteiger partial charge in [0.1, 0.15) is 5.82 Å². The smallest absolute Gasteiger partial charge is 0.475 e. The lowest BCUT2D eigenvalue weighted by Crippen LogP contribution is -2.36. The van der Waals surface area contributed by atoms with Gasteiger partial charge in [-0.2, -0.15) is 26.3 Å². The molecule has 0 spiro atoms. The van der Waals surface area contributed by atoms with Gasteiger partial charge in [0.05, 0.1) is 13.2 Å². The van der Waals surface area contributed by atoms with Gasteiger partial charge in [-0.15, -0.1) is 11.3 Å². The topological polar surface area (TPSA) is 103 Å². The second-order valence-electron chi connectivity index (χ2n) is 8.86. The normalized spacial score (nSPS) is 16.8. The zero-order chi connectivity index (χ0) is 29.9. The Labute approximate surface area is 229 Å². The largest absolute Gasteiger partial charge is 0.490 e. The molecule has 0 unspecified atom stereocenters. The van der Waals surface area contributed by atoms with Gasteiger partial charge in [0, 0.05) is 30.7 Å². The predicted octanol–water partition coefficient (Wildman–Crippen LogP) is 4.84. The molecule has 0 aliphatic carbocycles. The van der Waals surface area contributed by atoms with Crippen molar-refractivity contribution in [1.29, 1.82) is 0 Å². The van der Waals surface area contributed by atoms with E-state index < -0.39 is 24.3 Å². The number of piperidine rings is 1. The number of rotatable bonds is 5.